The molecule has 0 fully saturated rings. The van der Waals surface area contributed by atoms with Crippen molar-refractivity contribution in [2.45, 2.75) is 32.9 Å². The van der Waals surface area contributed by atoms with Crippen molar-refractivity contribution in [3.8, 4) is 0 Å². The average molecular weight is 208 g/mol. The minimum Gasteiger partial charge on any atom is -0.381 e. The third-order valence-corrected chi connectivity index (χ3v) is 2.09. The molecule has 1 rings (SSSR count). The third kappa shape index (κ3) is 3.32. The van der Waals surface area contributed by atoms with E-state index in [9.17, 15) is 9.90 Å². The minimum absolute atomic E-state index is 0.343. The van der Waals surface area contributed by atoms with E-state index in [2.05, 4.69) is 10.3 Å². The highest BCUT2D eigenvalue weighted by Gasteiger charge is 2.23. The van der Waals surface area contributed by atoms with Crippen LogP contribution in [0.3, 0.4) is 0 Å². The van der Waals surface area contributed by atoms with Crippen LogP contribution in [-0.4, -0.2) is 21.6 Å². The van der Waals surface area contributed by atoms with Crippen LogP contribution >= 0.6 is 0 Å². The molecule has 1 aromatic heterocycles. The largest absolute Gasteiger partial charge is 0.381 e. The van der Waals surface area contributed by atoms with Crippen LogP contribution in [0, 0.1) is 6.92 Å². The van der Waals surface area contributed by atoms with Gasteiger partial charge in [-0.2, -0.15) is 0 Å². The monoisotopic (exact) mass is 208 g/mol. The van der Waals surface area contributed by atoms with Crippen LogP contribution in [0.4, 0.5) is 0 Å². The van der Waals surface area contributed by atoms with Gasteiger partial charge in [0.2, 0.25) is 0 Å². The van der Waals surface area contributed by atoms with Crippen LogP contribution in [0.15, 0.2) is 18.3 Å². The molecule has 0 bridgehead atoms. The van der Waals surface area contributed by atoms with Gasteiger partial charge in [0.05, 0.1) is 12.2 Å². The lowest BCUT2D eigenvalue weighted by Gasteiger charge is -2.16. The summed E-state index contributed by atoms with van der Waals surface area (Å²) in [6.07, 6.45) is 1.68. The number of aliphatic hydroxyl groups is 1. The third-order valence-electron chi connectivity index (χ3n) is 2.09. The van der Waals surface area contributed by atoms with Gasteiger partial charge in [0, 0.05) is 6.20 Å². The Morgan fingerprint density at radius 1 is 1.60 bits per heavy atom. The van der Waals surface area contributed by atoms with Crippen LogP contribution in [0.2, 0.25) is 0 Å². The predicted octanol–water partition coefficient (Wildman–Crippen LogP) is 0.777. The van der Waals surface area contributed by atoms with Crippen LogP contribution in [0.5, 0.6) is 0 Å². The van der Waals surface area contributed by atoms with Crippen molar-refractivity contribution >= 4 is 5.91 Å². The van der Waals surface area contributed by atoms with Crippen molar-refractivity contribution in [2.75, 3.05) is 0 Å². The lowest BCUT2D eigenvalue weighted by atomic mass is 10.1. The van der Waals surface area contributed by atoms with Crippen molar-refractivity contribution in [1.29, 1.82) is 0 Å². The van der Waals surface area contributed by atoms with E-state index in [1.165, 1.54) is 13.8 Å². The van der Waals surface area contributed by atoms with Crippen LogP contribution in [-0.2, 0) is 11.3 Å². The molecule has 0 aliphatic heterocycles. The van der Waals surface area contributed by atoms with E-state index >= 15 is 0 Å². The fourth-order valence-electron chi connectivity index (χ4n) is 1.08. The number of pyridine rings is 1. The zero-order chi connectivity index (χ0) is 11.5. The molecular weight excluding hydrogens is 192 g/mol. The predicted molar refractivity (Wildman–Crippen MR) is 57.1 cm³/mol. The Morgan fingerprint density at radius 2 is 2.27 bits per heavy atom. The van der Waals surface area contributed by atoms with E-state index in [4.69, 9.17) is 0 Å². The first-order valence-electron chi connectivity index (χ1n) is 4.82. The van der Waals surface area contributed by atoms with Gasteiger partial charge in [-0.25, -0.2) is 0 Å². The molecule has 0 radical (unpaired) electrons. The molecule has 0 aliphatic carbocycles. The van der Waals surface area contributed by atoms with Gasteiger partial charge < -0.3 is 10.4 Å². The highest BCUT2D eigenvalue weighted by Crippen LogP contribution is 2.04. The topological polar surface area (TPSA) is 62.2 Å². The molecule has 0 saturated heterocycles. The molecule has 4 heteroatoms. The number of nitrogens with one attached hydrogen (secondary N) is 1. The van der Waals surface area contributed by atoms with Crippen molar-refractivity contribution < 1.29 is 9.90 Å². The number of hydrogen-bond donors (Lipinski definition) is 2. The van der Waals surface area contributed by atoms with Crippen LogP contribution in [0.25, 0.3) is 0 Å². The summed E-state index contributed by atoms with van der Waals surface area (Å²) >= 11 is 0. The average Bonchev–Trinajstić information content (AvgIpc) is 2.14. The van der Waals surface area contributed by atoms with Gasteiger partial charge in [-0.15, -0.1) is 0 Å². The number of aromatic nitrogens is 1. The van der Waals surface area contributed by atoms with E-state index in [1.807, 2.05) is 19.1 Å². The molecule has 1 amide bonds. The Morgan fingerprint density at radius 3 is 2.80 bits per heavy atom. The summed E-state index contributed by atoms with van der Waals surface area (Å²) < 4.78 is 0. The van der Waals surface area contributed by atoms with Gasteiger partial charge >= 0.3 is 0 Å². The Balaban J connectivity index is 2.59. The first kappa shape index (κ1) is 11.7. The zero-order valence-electron chi connectivity index (χ0n) is 9.24. The molecule has 0 atom stereocenters. The lowest BCUT2D eigenvalue weighted by molar-refractivity contribution is -0.136. The molecule has 0 unspecified atom stereocenters. The Labute approximate surface area is 89.3 Å². The molecular formula is C11H16N2O2. The molecule has 1 aromatic rings. The second-order valence-electron chi connectivity index (χ2n) is 4.01. The van der Waals surface area contributed by atoms with Gasteiger partial charge in [0.1, 0.15) is 5.60 Å². The van der Waals surface area contributed by atoms with Gasteiger partial charge in [0.25, 0.3) is 5.91 Å². The highest BCUT2D eigenvalue weighted by atomic mass is 16.3. The zero-order valence-corrected chi connectivity index (χ0v) is 9.24. The first-order chi connectivity index (χ1) is 6.91. The maximum absolute atomic E-state index is 11.4. The van der Waals surface area contributed by atoms with Crippen LogP contribution < -0.4 is 5.32 Å². The van der Waals surface area contributed by atoms with Crippen molar-refractivity contribution in [3.05, 3.63) is 29.6 Å². The Hall–Kier alpha value is -1.42. The number of rotatable bonds is 3. The summed E-state index contributed by atoms with van der Waals surface area (Å²) in [5.74, 6) is -0.396. The van der Waals surface area contributed by atoms with Crippen LogP contribution in [0.1, 0.15) is 25.1 Å². The fraction of sp³-hybridized carbons (Fsp3) is 0.455. The van der Waals surface area contributed by atoms with Gasteiger partial charge in [-0.05, 0) is 32.4 Å². The molecule has 0 aromatic carbocycles. The maximum Gasteiger partial charge on any atom is 0.251 e. The molecule has 0 spiro atoms. The van der Waals surface area contributed by atoms with E-state index in [1.54, 1.807) is 6.20 Å². The molecule has 0 saturated carbocycles. The number of carbonyl (C=O) groups is 1. The first-order valence-corrected chi connectivity index (χ1v) is 4.82. The molecule has 1 heterocycles. The maximum atomic E-state index is 11.4. The van der Waals surface area contributed by atoms with E-state index in [0.717, 1.165) is 11.3 Å². The highest BCUT2D eigenvalue weighted by molar-refractivity contribution is 5.83. The summed E-state index contributed by atoms with van der Waals surface area (Å²) in [4.78, 5) is 15.5. The number of hydrogen-bond acceptors (Lipinski definition) is 3. The van der Waals surface area contributed by atoms with Gasteiger partial charge in [-0.1, -0.05) is 6.07 Å². The summed E-state index contributed by atoms with van der Waals surface area (Å²) in [5, 5.41) is 12.0. The second-order valence-corrected chi connectivity index (χ2v) is 4.01. The Bertz CT molecular complexity index is 356. The van der Waals surface area contributed by atoms with Crippen molar-refractivity contribution in [2.24, 2.45) is 0 Å². The lowest BCUT2D eigenvalue weighted by Crippen LogP contribution is -2.41. The Kier molecular flexibility index (Phi) is 3.42. The number of nitrogens with zero attached hydrogens (tertiary/aromatic N) is 1. The fourth-order valence-corrected chi connectivity index (χ4v) is 1.08. The van der Waals surface area contributed by atoms with Gasteiger partial charge in [-0.3, -0.25) is 9.78 Å². The standard InChI is InChI=1S/C11H16N2O2/c1-8-5-4-6-12-9(8)7-13-10(14)11(2,3)15/h4-6,15H,7H2,1-3H3,(H,13,14). The number of amides is 1. The normalized spacial score (nSPS) is 11.2. The van der Waals surface area contributed by atoms with Crippen molar-refractivity contribution in [3.63, 3.8) is 0 Å². The van der Waals surface area contributed by atoms with E-state index in [-0.39, 0.29) is 0 Å². The molecule has 4 nitrogen and oxygen atoms in total. The smallest absolute Gasteiger partial charge is 0.251 e. The molecule has 0 aliphatic rings. The molecule has 2 N–H and O–H groups in total. The summed E-state index contributed by atoms with van der Waals surface area (Å²) in [6, 6.07) is 3.77. The molecule has 82 valence electrons. The molecule has 15 heavy (non-hydrogen) atoms. The number of aryl methyl sites for hydroxylation is 1. The summed E-state index contributed by atoms with van der Waals surface area (Å²) in [5.41, 5.74) is 0.492. The minimum atomic E-state index is -1.34. The SMILES string of the molecule is Cc1cccnc1CNC(=O)C(C)(C)O. The second kappa shape index (κ2) is 4.40. The summed E-state index contributed by atoms with van der Waals surface area (Å²) in [7, 11) is 0. The van der Waals surface area contributed by atoms with Crippen molar-refractivity contribution in [1.82, 2.24) is 10.3 Å². The quantitative estimate of drug-likeness (QED) is 0.771. The summed E-state index contributed by atoms with van der Waals surface area (Å²) in [6.45, 7) is 5.18. The van der Waals surface area contributed by atoms with E-state index in [0.29, 0.717) is 6.54 Å². The van der Waals surface area contributed by atoms with Gasteiger partial charge in [0.15, 0.2) is 0 Å². The van der Waals surface area contributed by atoms with E-state index < -0.39 is 11.5 Å². The number of carbonyl (C=O) groups excluding carboxylic acids is 1.